The molecule has 0 fully saturated rings. The summed E-state index contributed by atoms with van der Waals surface area (Å²) in [4.78, 5) is 0. The van der Waals surface area contributed by atoms with Gasteiger partial charge >= 0.3 is 0 Å². The molecule has 0 bridgehead atoms. The summed E-state index contributed by atoms with van der Waals surface area (Å²) in [5, 5.41) is 10.4. The Morgan fingerprint density at radius 1 is 1.21 bits per heavy atom. The number of rotatable bonds is 6. The summed E-state index contributed by atoms with van der Waals surface area (Å²) in [7, 11) is 1.62. The van der Waals surface area contributed by atoms with Crippen LogP contribution in [0.4, 0.5) is 0 Å². The van der Waals surface area contributed by atoms with Crippen LogP contribution in [-0.4, -0.2) is 25.4 Å². The first-order valence-corrected chi connectivity index (χ1v) is 6.65. The van der Waals surface area contributed by atoms with Crippen LogP contribution in [0.5, 0.6) is 5.75 Å². The van der Waals surface area contributed by atoms with Crippen molar-refractivity contribution in [1.82, 2.24) is 0 Å². The lowest BCUT2D eigenvalue weighted by Gasteiger charge is -2.15. The Hall–Kier alpha value is -1.30. The monoisotopic (exact) mass is 326 g/mol. The van der Waals surface area contributed by atoms with E-state index in [0.29, 0.717) is 34.8 Å². The lowest BCUT2D eigenvalue weighted by molar-refractivity contribution is 0.142. The first-order chi connectivity index (χ1) is 9.24. The number of hydrogen-bond acceptors (Lipinski definition) is 4. The van der Waals surface area contributed by atoms with Crippen LogP contribution in [0.1, 0.15) is 17.2 Å². The van der Waals surface area contributed by atoms with Gasteiger partial charge in [-0.3, -0.25) is 0 Å². The lowest BCUT2D eigenvalue weighted by atomic mass is 10.0. The van der Waals surface area contributed by atoms with Gasteiger partial charge in [-0.1, -0.05) is 18.2 Å². The molecule has 0 saturated heterocycles. The van der Waals surface area contributed by atoms with E-state index in [1.54, 1.807) is 13.2 Å². The fourth-order valence-corrected chi connectivity index (χ4v) is 2.20. The molecule has 2 aromatic rings. The standard InChI is InChI=1S/C14H15BrO4/c1-17-8-9-18-12-5-3-2-4-10(12)13(16)11-6-7-19-14(11)15/h2-7,13,16H,8-9H2,1H3. The third-order valence-corrected chi connectivity index (χ3v) is 3.34. The van der Waals surface area contributed by atoms with Crippen molar-refractivity contribution >= 4 is 15.9 Å². The Bertz CT molecular complexity index is 524. The molecule has 19 heavy (non-hydrogen) atoms. The van der Waals surface area contributed by atoms with E-state index in [0.717, 1.165) is 0 Å². The maximum atomic E-state index is 10.4. The van der Waals surface area contributed by atoms with Crippen molar-refractivity contribution in [1.29, 1.82) is 0 Å². The van der Waals surface area contributed by atoms with Crippen molar-refractivity contribution < 1.29 is 19.0 Å². The normalized spacial score (nSPS) is 12.4. The Morgan fingerprint density at radius 2 is 2.00 bits per heavy atom. The molecule has 1 N–H and O–H groups in total. The minimum atomic E-state index is -0.799. The number of ether oxygens (including phenoxy) is 2. The minimum Gasteiger partial charge on any atom is -0.491 e. The molecule has 0 aliphatic rings. The van der Waals surface area contributed by atoms with E-state index in [2.05, 4.69) is 15.9 Å². The van der Waals surface area contributed by atoms with Crippen LogP contribution >= 0.6 is 15.9 Å². The number of benzene rings is 1. The molecule has 0 aliphatic heterocycles. The van der Waals surface area contributed by atoms with E-state index in [4.69, 9.17) is 13.9 Å². The van der Waals surface area contributed by atoms with Gasteiger partial charge in [0.05, 0.1) is 12.9 Å². The van der Waals surface area contributed by atoms with E-state index in [1.807, 2.05) is 24.3 Å². The molecule has 1 aromatic heterocycles. The molecule has 5 heteroatoms. The molecule has 1 atom stereocenters. The van der Waals surface area contributed by atoms with Crippen molar-refractivity contribution in [3.05, 3.63) is 52.4 Å². The van der Waals surface area contributed by atoms with Crippen molar-refractivity contribution in [2.75, 3.05) is 20.3 Å². The highest BCUT2D eigenvalue weighted by Gasteiger charge is 2.19. The molecular formula is C14H15BrO4. The first kappa shape index (κ1) is 14.1. The van der Waals surface area contributed by atoms with Crippen molar-refractivity contribution in [2.24, 2.45) is 0 Å². The largest absolute Gasteiger partial charge is 0.491 e. The van der Waals surface area contributed by atoms with Crippen LogP contribution in [0.15, 0.2) is 45.7 Å². The fraction of sp³-hybridized carbons (Fsp3) is 0.286. The van der Waals surface area contributed by atoms with Crippen molar-refractivity contribution in [2.45, 2.75) is 6.10 Å². The van der Waals surface area contributed by atoms with Gasteiger partial charge in [0.2, 0.25) is 0 Å². The highest BCUT2D eigenvalue weighted by atomic mass is 79.9. The zero-order valence-electron chi connectivity index (χ0n) is 10.5. The summed E-state index contributed by atoms with van der Waals surface area (Å²) >= 11 is 3.27. The van der Waals surface area contributed by atoms with Gasteiger partial charge in [0.1, 0.15) is 18.5 Å². The second-order valence-electron chi connectivity index (χ2n) is 3.93. The number of aliphatic hydroxyl groups excluding tert-OH is 1. The average molecular weight is 327 g/mol. The quantitative estimate of drug-likeness (QED) is 0.828. The van der Waals surface area contributed by atoms with Gasteiger partial charge in [-0.2, -0.15) is 0 Å². The SMILES string of the molecule is COCCOc1ccccc1C(O)c1ccoc1Br. The second kappa shape index (κ2) is 6.75. The zero-order valence-corrected chi connectivity index (χ0v) is 12.1. The van der Waals surface area contributed by atoms with Gasteiger partial charge in [-0.05, 0) is 28.1 Å². The summed E-state index contributed by atoms with van der Waals surface area (Å²) in [6.07, 6.45) is 0.726. The molecule has 0 radical (unpaired) electrons. The minimum absolute atomic E-state index is 0.437. The van der Waals surface area contributed by atoms with Crippen LogP contribution in [-0.2, 0) is 4.74 Å². The molecule has 0 amide bonds. The topological polar surface area (TPSA) is 51.8 Å². The van der Waals surface area contributed by atoms with E-state index in [9.17, 15) is 5.11 Å². The summed E-state index contributed by atoms with van der Waals surface area (Å²) in [5.74, 6) is 0.639. The van der Waals surface area contributed by atoms with E-state index >= 15 is 0 Å². The number of aliphatic hydroxyl groups is 1. The molecule has 0 spiro atoms. The van der Waals surface area contributed by atoms with Gasteiger partial charge in [0.25, 0.3) is 0 Å². The lowest BCUT2D eigenvalue weighted by Crippen LogP contribution is -2.08. The van der Waals surface area contributed by atoms with Gasteiger partial charge in [0, 0.05) is 18.2 Å². The first-order valence-electron chi connectivity index (χ1n) is 5.85. The van der Waals surface area contributed by atoms with Crippen LogP contribution < -0.4 is 4.74 Å². The highest BCUT2D eigenvalue weighted by Crippen LogP contribution is 2.34. The summed E-state index contributed by atoms with van der Waals surface area (Å²) in [6, 6.07) is 9.09. The third-order valence-electron chi connectivity index (χ3n) is 2.70. The molecule has 0 aliphatic carbocycles. The zero-order chi connectivity index (χ0) is 13.7. The summed E-state index contributed by atoms with van der Waals surface area (Å²) < 4.78 is 16.2. The fourth-order valence-electron chi connectivity index (χ4n) is 1.74. The van der Waals surface area contributed by atoms with Gasteiger partial charge in [-0.25, -0.2) is 0 Å². The number of methoxy groups -OCH3 is 1. The van der Waals surface area contributed by atoms with E-state index < -0.39 is 6.10 Å². The highest BCUT2D eigenvalue weighted by molar-refractivity contribution is 9.10. The molecule has 4 nitrogen and oxygen atoms in total. The number of para-hydroxylation sites is 1. The molecule has 2 rings (SSSR count). The molecule has 1 unspecified atom stereocenters. The predicted octanol–water partition coefficient (Wildman–Crippen LogP) is 3.15. The van der Waals surface area contributed by atoms with Crippen molar-refractivity contribution in [3.8, 4) is 5.75 Å². The second-order valence-corrected chi connectivity index (χ2v) is 4.65. The average Bonchev–Trinajstić information content (AvgIpc) is 2.85. The predicted molar refractivity (Wildman–Crippen MR) is 74.3 cm³/mol. The number of furan rings is 1. The Balaban J connectivity index is 2.21. The number of halogens is 1. The van der Waals surface area contributed by atoms with Gasteiger partial charge in [0.15, 0.2) is 4.67 Å². The van der Waals surface area contributed by atoms with Gasteiger partial charge in [-0.15, -0.1) is 0 Å². The third kappa shape index (κ3) is 3.37. The molecular weight excluding hydrogens is 312 g/mol. The molecule has 102 valence electrons. The maximum absolute atomic E-state index is 10.4. The van der Waals surface area contributed by atoms with Crippen LogP contribution in [0, 0.1) is 0 Å². The van der Waals surface area contributed by atoms with E-state index in [-0.39, 0.29) is 0 Å². The maximum Gasteiger partial charge on any atom is 0.175 e. The Morgan fingerprint density at radius 3 is 2.68 bits per heavy atom. The summed E-state index contributed by atoms with van der Waals surface area (Å²) in [6.45, 7) is 0.937. The molecule has 0 saturated carbocycles. The summed E-state index contributed by atoms with van der Waals surface area (Å²) in [5.41, 5.74) is 1.36. The van der Waals surface area contributed by atoms with Gasteiger partial charge < -0.3 is 19.0 Å². The van der Waals surface area contributed by atoms with Crippen molar-refractivity contribution in [3.63, 3.8) is 0 Å². The van der Waals surface area contributed by atoms with Crippen LogP contribution in [0.3, 0.4) is 0 Å². The molecule has 1 heterocycles. The van der Waals surface area contributed by atoms with E-state index in [1.165, 1.54) is 6.26 Å². The van der Waals surface area contributed by atoms with Crippen LogP contribution in [0.25, 0.3) is 0 Å². The van der Waals surface area contributed by atoms with Crippen LogP contribution in [0.2, 0.25) is 0 Å². The smallest absolute Gasteiger partial charge is 0.175 e. The number of hydrogen-bond donors (Lipinski definition) is 1. The Kier molecular flexibility index (Phi) is 5.01. The Labute approximate surface area is 120 Å². The molecule has 1 aromatic carbocycles.